The number of aliphatic hydroxyl groups excluding tert-OH is 1. The lowest BCUT2D eigenvalue weighted by atomic mass is 9.94. The summed E-state index contributed by atoms with van der Waals surface area (Å²) in [5.74, 6) is -1.79. The van der Waals surface area contributed by atoms with Gasteiger partial charge in [-0.1, -0.05) is 117 Å². The predicted octanol–water partition coefficient (Wildman–Crippen LogP) is 11.6. The second-order valence-corrected chi connectivity index (χ2v) is 32.4. The lowest BCUT2D eigenvalue weighted by molar-refractivity contribution is -0.151. The summed E-state index contributed by atoms with van der Waals surface area (Å²) < 4.78 is 41.2. The van der Waals surface area contributed by atoms with Crippen LogP contribution >= 0.6 is 0 Å². The third kappa shape index (κ3) is 18.3. The van der Waals surface area contributed by atoms with Crippen molar-refractivity contribution in [3.8, 4) is 0 Å². The second-order valence-electron chi connectivity index (χ2n) is 21.2. The first-order valence-electron chi connectivity index (χ1n) is 23.5. The molecule has 0 aromatic heterocycles. The maximum atomic E-state index is 13.0. The molecule has 2 heterocycles. The summed E-state index contributed by atoms with van der Waals surface area (Å²) in [6, 6.07) is 20.2. The molecule has 2 aliphatic heterocycles. The molecule has 0 radical (unpaired) electrons. The van der Waals surface area contributed by atoms with E-state index in [2.05, 4.69) is 58.3 Å². The fraction of sp³-hybridized carbons (Fsp3) is 0.585. The van der Waals surface area contributed by atoms with Gasteiger partial charge in [-0.2, -0.15) is 0 Å². The Bertz CT molecular complexity index is 2030. The Labute approximate surface area is 392 Å². The molecule has 0 amide bonds. The minimum Gasteiger partial charge on any atom is -0.462 e. The van der Waals surface area contributed by atoms with Crippen LogP contribution in [0.1, 0.15) is 107 Å². The van der Waals surface area contributed by atoms with E-state index in [0.717, 1.165) is 70.3 Å². The number of ether oxygens (including phenoxy) is 7. The van der Waals surface area contributed by atoms with Gasteiger partial charge in [-0.05, 0) is 121 Å². The van der Waals surface area contributed by atoms with Gasteiger partial charge in [0.05, 0.1) is 56.4 Å². The van der Waals surface area contributed by atoms with Crippen LogP contribution < -0.4 is 0 Å². The van der Waals surface area contributed by atoms with Crippen LogP contribution in [-0.4, -0.2) is 95.6 Å². The Hall–Kier alpha value is -3.47. The molecule has 2 aliphatic rings. The Morgan fingerprint density at radius 2 is 1.22 bits per heavy atom. The van der Waals surface area contributed by atoms with E-state index in [1.807, 2.05) is 103 Å². The van der Waals surface area contributed by atoms with E-state index in [1.165, 1.54) is 0 Å². The predicted molar refractivity (Wildman–Crippen MR) is 266 cm³/mol. The molecule has 3 aromatic carbocycles. The summed E-state index contributed by atoms with van der Waals surface area (Å²) in [4.78, 5) is 25.8. The summed E-state index contributed by atoms with van der Waals surface area (Å²) in [6.45, 7) is 31.2. The van der Waals surface area contributed by atoms with Crippen LogP contribution in [-0.2, 0) is 46.2 Å². The van der Waals surface area contributed by atoms with Gasteiger partial charge in [0, 0.05) is 16.1 Å². The van der Waals surface area contributed by atoms with Crippen molar-refractivity contribution in [2.45, 2.75) is 175 Å². The average molecular weight is 933 g/mol. The van der Waals surface area contributed by atoms with E-state index in [1.54, 1.807) is 0 Å². The summed E-state index contributed by atoms with van der Waals surface area (Å²) in [5, 5.41) is 9.55. The van der Waals surface area contributed by atoms with Crippen LogP contribution in [0, 0.1) is 27.7 Å². The van der Waals surface area contributed by atoms with E-state index < -0.39 is 27.7 Å². The van der Waals surface area contributed by atoms with E-state index in [4.69, 9.17) is 33.2 Å². The summed E-state index contributed by atoms with van der Waals surface area (Å²) in [6.07, 6.45) is 6.37. The molecule has 360 valence electrons. The van der Waals surface area contributed by atoms with Crippen LogP contribution in [0.15, 0.2) is 60.7 Å². The lowest BCUT2D eigenvalue weighted by Gasteiger charge is -2.18. The molecule has 0 aliphatic carbocycles. The second kappa shape index (κ2) is 24.0. The Morgan fingerprint density at radius 1 is 0.692 bits per heavy atom. The van der Waals surface area contributed by atoms with Gasteiger partial charge >= 0.3 is 11.9 Å². The number of carbonyl (C=O) groups excluding carboxylic acids is 2. The third-order valence-corrected chi connectivity index (χ3v) is 14.8. The summed E-state index contributed by atoms with van der Waals surface area (Å²) >= 11 is 0. The fourth-order valence-corrected chi connectivity index (χ4v) is 9.68. The van der Waals surface area contributed by atoms with Crippen LogP contribution in [0.3, 0.4) is 0 Å². The maximum Gasteiger partial charge on any atom is 0.338 e. The van der Waals surface area contributed by atoms with Crippen LogP contribution in [0.2, 0.25) is 51.4 Å². The molecule has 1 N–H and O–H groups in total. The monoisotopic (exact) mass is 933 g/mol. The van der Waals surface area contributed by atoms with Crippen molar-refractivity contribution in [1.82, 2.24) is 0 Å². The topological polar surface area (TPSA) is 119 Å². The Morgan fingerprint density at radius 3 is 1.80 bits per heavy atom. The minimum atomic E-state index is -1.27. The highest BCUT2D eigenvalue weighted by atomic mass is 28.3. The smallest absolute Gasteiger partial charge is 0.338 e. The molecule has 2 saturated heterocycles. The van der Waals surface area contributed by atoms with Gasteiger partial charge < -0.3 is 38.3 Å². The molecule has 0 saturated carbocycles. The molecule has 0 spiro atoms. The number of benzene rings is 3. The number of hydrogen-bond acceptors (Lipinski definition) is 10. The van der Waals surface area contributed by atoms with Crippen molar-refractivity contribution in [2.75, 3.05) is 26.4 Å². The molecule has 2 fully saturated rings. The number of carbonyl (C=O) groups is 2. The zero-order valence-corrected chi connectivity index (χ0v) is 44.1. The summed E-state index contributed by atoms with van der Waals surface area (Å²) in [7, 11) is -2.51. The number of rotatable bonds is 20. The third-order valence-electron chi connectivity index (χ3n) is 11.4. The first-order chi connectivity index (χ1) is 30.3. The van der Waals surface area contributed by atoms with Crippen molar-refractivity contribution in [2.24, 2.45) is 0 Å². The molecule has 3 aromatic rings. The van der Waals surface area contributed by atoms with Crippen molar-refractivity contribution in [3.05, 3.63) is 111 Å². The van der Waals surface area contributed by atoms with Gasteiger partial charge in [-0.3, -0.25) is 0 Å². The number of esters is 2. The molecule has 65 heavy (non-hydrogen) atoms. The molecule has 5 rings (SSSR count). The van der Waals surface area contributed by atoms with Gasteiger partial charge in [-0.15, -0.1) is 0 Å². The van der Waals surface area contributed by atoms with Crippen molar-refractivity contribution in [1.29, 1.82) is 0 Å². The van der Waals surface area contributed by atoms with Crippen LogP contribution in [0.4, 0.5) is 0 Å². The largest absolute Gasteiger partial charge is 0.462 e. The molecule has 12 heteroatoms. The van der Waals surface area contributed by atoms with Gasteiger partial charge in [0.1, 0.15) is 12.2 Å². The van der Waals surface area contributed by atoms with E-state index in [-0.39, 0.29) is 43.0 Å². The first-order valence-corrected chi connectivity index (χ1v) is 30.9. The standard InChI is InChI=1S/C30H42O5Si.C23H38O5Si/c1-22-18-23(2)28(29(31)33-16-17-36(5,6)7)25(19-22)14-11-15-26-27(35-30(3,4)34-26)21-32-20-24-12-9-8-10-13-24;1-16-13-17(2)21(22(25)26-11-12-29(5,6)7)18(14-16)9-8-10-19-20(15-24)28-23(3,4)27-19/h8-14,18-19,26-27H,15-17,20-21H2,1-7H3;13-14,19-20,24H,8-12,15H2,1-7H3/b14-11+;/t26-,27+;19-,20+/m00/s1. The maximum absolute atomic E-state index is 13.0. The zero-order valence-electron chi connectivity index (χ0n) is 42.1. The highest BCUT2D eigenvalue weighted by Crippen LogP contribution is 2.33. The molecular weight excluding hydrogens is 853 g/mol. The molecular formula is C53H80O10Si2. The number of aliphatic hydroxyl groups is 1. The van der Waals surface area contributed by atoms with Gasteiger partial charge in [-0.25, -0.2) is 9.59 Å². The van der Waals surface area contributed by atoms with Crippen LogP contribution in [0.25, 0.3) is 6.08 Å². The Kier molecular flexibility index (Phi) is 20.0. The van der Waals surface area contributed by atoms with Crippen molar-refractivity contribution >= 4 is 34.2 Å². The number of aryl methyl sites for hydroxylation is 5. The van der Waals surface area contributed by atoms with E-state index >= 15 is 0 Å². The average Bonchev–Trinajstić information content (AvgIpc) is 3.65. The highest BCUT2D eigenvalue weighted by Gasteiger charge is 2.41. The van der Waals surface area contributed by atoms with E-state index in [9.17, 15) is 14.7 Å². The normalized spacial score (nSPS) is 20.4. The van der Waals surface area contributed by atoms with Crippen molar-refractivity contribution in [3.63, 3.8) is 0 Å². The highest BCUT2D eigenvalue weighted by molar-refractivity contribution is 6.76. The Balaban J connectivity index is 0.000000292. The molecule has 0 unspecified atom stereocenters. The quantitative estimate of drug-likeness (QED) is 0.0866. The van der Waals surface area contributed by atoms with Gasteiger partial charge in [0.25, 0.3) is 0 Å². The number of hydrogen-bond donors (Lipinski definition) is 1. The van der Waals surface area contributed by atoms with E-state index in [0.29, 0.717) is 44.0 Å². The molecule has 4 atom stereocenters. The van der Waals surface area contributed by atoms with Crippen molar-refractivity contribution < 1.29 is 47.9 Å². The lowest BCUT2D eigenvalue weighted by Crippen LogP contribution is -2.27. The molecule has 10 nitrogen and oxygen atoms in total. The van der Waals surface area contributed by atoms with Gasteiger partial charge in [0.15, 0.2) is 11.6 Å². The zero-order chi connectivity index (χ0) is 48.2. The fourth-order valence-electron chi connectivity index (χ4n) is 8.25. The SMILES string of the molecule is Cc1cc(C)c(C(=O)OCC[Si](C)(C)C)c(/C=C/C[C@@H]2OC(C)(C)O[C@@H]2COCc2ccccc2)c1.Cc1cc(C)c(C(=O)OCC[Si](C)(C)C)c(CCC[C@@H]2OC(C)(C)O[C@@H]2CO)c1. The summed E-state index contributed by atoms with van der Waals surface area (Å²) in [5.41, 5.74) is 8.53. The first kappa shape index (κ1) is 54.1. The van der Waals surface area contributed by atoms with Gasteiger partial charge in [0.2, 0.25) is 0 Å². The minimum absolute atomic E-state index is 0.0493. The molecule has 0 bridgehead atoms. The van der Waals surface area contributed by atoms with Crippen LogP contribution in [0.5, 0.6) is 0 Å².